The van der Waals surface area contributed by atoms with Gasteiger partial charge < -0.3 is 10.1 Å². The van der Waals surface area contributed by atoms with Crippen molar-refractivity contribution in [1.29, 1.82) is 0 Å². The first-order chi connectivity index (χ1) is 9.22. The van der Waals surface area contributed by atoms with E-state index >= 15 is 0 Å². The van der Waals surface area contributed by atoms with Gasteiger partial charge in [-0.15, -0.1) is 0 Å². The molecule has 1 N–H and O–H groups in total. The number of ether oxygens (including phenoxy) is 1. The minimum Gasteiger partial charge on any atom is -0.496 e. The molecular formula is C16H18ClNO. The lowest BCUT2D eigenvalue weighted by atomic mass is 10.1. The summed E-state index contributed by atoms with van der Waals surface area (Å²) in [6.07, 6.45) is 0. The smallest absolute Gasteiger partial charge is 0.123 e. The monoisotopic (exact) mass is 275 g/mol. The van der Waals surface area contributed by atoms with Gasteiger partial charge in [-0.05, 0) is 24.6 Å². The van der Waals surface area contributed by atoms with Gasteiger partial charge in [0.2, 0.25) is 0 Å². The van der Waals surface area contributed by atoms with E-state index in [0.29, 0.717) is 0 Å². The van der Waals surface area contributed by atoms with Crippen LogP contribution in [0.1, 0.15) is 24.1 Å². The van der Waals surface area contributed by atoms with Gasteiger partial charge in [0.1, 0.15) is 5.75 Å². The van der Waals surface area contributed by atoms with Crippen LogP contribution >= 0.6 is 11.6 Å². The normalized spacial score (nSPS) is 12.2. The highest BCUT2D eigenvalue weighted by atomic mass is 35.5. The van der Waals surface area contributed by atoms with Crippen molar-refractivity contribution in [2.75, 3.05) is 7.11 Å². The third kappa shape index (κ3) is 3.49. The van der Waals surface area contributed by atoms with Crippen LogP contribution in [0.3, 0.4) is 0 Å². The second kappa shape index (κ2) is 6.60. The van der Waals surface area contributed by atoms with E-state index in [1.165, 1.54) is 0 Å². The molecule has 0 aliphatic heterocycles. The van der Waals surface area contributed by atoms with Crippen LogP contribution in [0.4, 0.5) is 0 Å². The largest absolute Gasteiger partial charge is 0.496 e. The fourth-order valence-corrected chi connectivity index (χ4v) is 2.24. The molecule has 1 atom stereocenters. The summed E-state index contributed by atoms with van der Waals surface area (Å²) in [6.45, 7) is 2.85. The molecule has 3 heteroatoms. The zero-order valence-corrected chi connectivity index (χ0v) is 11.9. The van der Waals surface area contributed by atoms with Crippen molar-refractivity contribution in [2.45, 2.75) is 19.5 Å². The molecule has 0 heterocycles. The van der Waals surface area contributed by atoms with E-state index in [1.807, 2.05) is 42.5 Å². The predicted octanol–water partition coefficient (Wildman–Crippen LogP) is 4.20. The van der Waals surface area contributed by atoms with E-state index in [0.717, 1.165) is 28.4 Å². The Morgan fingerprint density at radius 3 is 2.53 bits per heavy atom. The number of rotatable bonds is 5. The van der Waals surface area contributed by atoms with Gasteiger partial charge in [-0.2, -0.15) is 0 Å². The van der Waals surface area contributed by atoms with Crippen LogP contribution in [0.2, 0.25) is 5.02 Å². The fraction of sp³-hybridized carbons (Fsp3) is 0.250. The van der Waals surface area contributed by atoms with Crippen LogP contribution in [-0.2, 0) is 6.54 Å². The van der Waals surface area contributed by atoms with Gasteiger partial charge in [0.05, 0.1) is 7.11 Å². The van der Waals surface area contributed by atoms with Crippen molar-refractivity contribution in [3.63, 3.8) is 0 Å². The Kier molecular flexibility index (Phi) is 4.83. The van der Waals surface area contributed by atoms with Crippen molar-refractivity contribution < 1.29 is 4.74 Å². The number of halogens is 1. The maximum Gasteiger partial charge on any atom is 0.123 e. The molecule has 0 radical (unpaired) electrons. The average Bonchev–Trinajstić information content (AvgIpc) is 2.46. The van der Waals surface area contributed by atoms with Crippen LogP contribution in [0, 0.1) is 0 Å². The third-order valence-corrected chi connectivity index (χ3v) is 3.53. The Bertz CT molecular complexity index is 542. The topological polar surface area (TPSA) is 21.3 Å². The van der Waals surface area contributed by atoms with E-state index in [2.05, 4.69) is 18.3 Å². The number of nitrogens with one attached hydrogen (secondary N) is 1. The quantitative estimate of drug-likeness (QED) is 0.883. The molecule has 1 unspecified atom stereocenters. The second-order valence-corrected chi connectivity index (χ2v) is 4.84. The van der Waals surface area contributed by atoms with Gasteiger partial charge >= 0.3 is 0 Å². The Labute approximate surface area is 119 Å². The van der Waals surface area contributed by atoms with Crippen molar-refractivity contribution in [3.8, 4) is 5.75 Å². The van der Waals surface area contributed by atoms with Gasteiger partial charge in [-0.25, -0.2) is 0 Å². The molecule has 0 spiro atoms. The first kappa shape index (κ1) is 13.9. The fourth-order valence-electron chi connectivity index (χ4n) is 2.04. The lowest BCUT2D eigenvalue weighted by molar-refractivity contribution is 0.401. The molecule has 2 nitrogen and oxygen atoms in total. The lowest BCUT2D eigenvalue weighted by Gasteiger charge is -2.17. The Morgan fingerprint density at radius 2 is 1.79 bits per heavy atom. The predicted molar refractivity (Wildman–Crippen MR) is 79.7 cm³/mol. The van der Waals surface area contributed by atoms with E-state index in [-0.39, 0.29) is 6.04 Å². The molecule has 0 aliphatic rings. The van der Waals surface area contributed by atoms with Crippen molar-refractivity contribution in [2.24, 2.45) is 0 Å². The van der Waals surface area contributed by atoms with Gasteiger partial charge in [0, 0.05) is 23.2 Å². The summed E-state index contributed by atoms with van der Waals surface area (Å²) in [7, 11) is 1.69. The molecule has 100 valence electrons. The molecule has 0 aliphatic carbocycles. The molecule has 0 amide bonds. The molecule has 19 heavy (non-hydrogen) atoms. The van der Waals surface area contributed by atoms with Gasteiger partial charge in [0.25, 0.3) is 0 Å². The van der Waals surface area contributed by atoms with E-state index in [9.17, 15) is 0 Å². The summed E-state index contributed by atoms with van der Waals surface area (Å²) in [4.78, 5) is 0. The molecule has 2 aromatic carbocycles. The third-order valence-electron chi connectivity index (χ3n) is 3.16. The highest BCUT2D eigenvalue weighted by Crippen LogP contribution is 2.25. The van der Waals surface area contributed by atoms with Crippen LogP contribution in [0.25, 0.3) is 0 Å². The standard InChI is InChI=1S/C16H18ClNO/c1-12(14-8-4-6-10-16(14)19-2)18-11-13-7-3-5-9-15(13)17/h3-10,12,18H,11H2,1-2H3. The highest BCUT2D eigenvalue weighted by Gasteiger charge is 2.10. The summed E-state index contributed by atoms with van der Waals surface area (Å²) >= 11 is 6.15. The lowest BCUT2D eigenvalue weighted by Crippen LogP contribution is -2.18. The molecule has 2 rings (SSSR count). The maximum atomic E-state index is 6.15. The van der Waals surface area contributed by atoms with Crippen LogP contribution in [0.15, 0.2) is 48.5 Å². The number of hydrogen-bond donors (Lipinski definition) is 1. The van der Waals surface area contributed by atoms with Gasteiger partial charge in [-0.1, -0.05) is 48.0 Å². The van der Waals surface area contributed by atoms with Crippen molar-refractivity contribution >= 4 is 11.6 Å². The van der Waals surface area contributed by atoms with Crippen LogP contribution < -0.4 is 10.1 Å². The van der Waals surface area contributed by atoms with Crippen molar-refractivity contribution in [1.82, 2.24) is 5.32 Å². The first-order valence-corrected chi connectivity index (χ1v) is 6.70. The minimum atomic E-state index is 0.201. The first-order valence-electron chi connectivity index (χ1n) is 6.32. The molecule has 0 bridgehead atoms. The minimum absolute atomic E-state index is 0.201. The summed E-state index contributed by atoms with van der Waals surface area (Å²) in [5.74, 6) is 0.904. The average molecular weight is 276 g/mol. The van der Waals surface area contributed by atoms with E-state index in [1.54, 1.807) is 7.11 Å². The van der Waals surface area contributed by atoms with Crippen LogP contribution in [-0.4, -0.2) is 7.11 Å². The number of hydrogen-bond acceptors (Lipinski definition) is 2. The second-order valence-electron chi connectivity index (χ2n) is 4.44. The Hall–Kier alpha value is -1.51. The summed E-state index contributed by atoms with van der Waals surface area (Å²) in [6, 6.07) is 16.1. The number of methoxy groups -OCH3 is 1. The summed E-state index contributed by atoms with van der Waals surface area (Å²) in [5, 5.41) is 4.26. The number of benzene rings is 2. The number of para-hydroxylation sites is 1. The molecular weight excluding hydrogens is 258 g/mol. The SMILES string of the molecule is COc1ccccc1C(C)NCc1ccccc1Cl. The zero-order chi connectivity index (χ0) is 13.7. The summed E-state index contributed by atoms with van der Waals surface area (Å²) < 4.78 is 5.38. The van der Waals surface area contributed by atoms with Gasteiger partial charge in [-0.3, -0.25) is 0 Å². The Balaban J connectivity index is 2.05. The molecule has 0 saturated heterocycles. The van der Waals surface area contributed by atoms with E-state index < -0.39 is 0 Å². The molecule has 0 saturated carbocycles. The van der Waals surface area contributed by atoms with Crippen LogP contribution in [0.5, 0.6) is 5.75 Å². The summed E-state index contributed by atoms with van der Waals surface area (Å²) in [5.41, 5.74) is 2.25. The van der Waals surface area contributed by atoms with Gasteiger partial charge in [0.15, 0.2) is 0 Å². The Morgan fingerprint density at radius 1 is 1.11 bits per heavy atom. The maximum absolute atomic E-state index is 6.15. The molecule has 2 aromatic rings. The molecule has 0 fully saturated rings. The van der Waals surface area contributed by atoms with Crippen molar-refractivity contribution in [3.05, 3.63) is 64.7 Å². The zero-order valence-electron chi connectivity index (χ0n) is 11.2. The highest BCUT2D eigenvalue weighted by molar-refractivity contribution is 6.31. The van der Waals surface area contributed by atoms with E-state index in [4.69, 9.17) is 16.3 Å². The molecule has 0 aromatic heterocycles.